The molecule has 0 aliphatic heterocycles. The van der Waals surface area contributed by atoms with Gasteiger partial charge in [0.05, 0.1) is 0 Å². The highest BCUT2D eigenvalue weighted by Crippen LogP contribution is 2.21. The molecule has 1 aliphatic rings. The van der Waals surface area contributed by atoms with Crippen molar-refractivity contribution in [3.63, 3.8) is 0 Å². The van der Waals surface area contributed by atoms with Crippen molar-refractivity contribution >= 4 is 18.2 Å². The summed E-state index contributed by atoms with van der Waals surface area (Å²) in [5.74, 6) is 0. The van der Waals surface area contributed by atoms with E-state index in [-0.39, 0.29) is 6.10 Å². The van der Waals surface area contributed by atoms with Crippen LogP contribution in [0, 0.1) is 0 Å². The second kappa shape index (κ2) is 7.82. The zero-order valence-electron chi connectivity index (χ0n) is 10.8. The summed E-state index contributed by atoms with van der Waals surface area (Å²) in [6.45, 7) is 5.72. The Morgan fingerprint density at radius 2 is 1.82 bits per heavy atom. The molecule has 1 fully saturated rings. The topological polar surface area (TPSA) is 44.8 Å². The van der Waals surface area contributed by atoms with Gasteiger partial charge in [0, 0.05) is 5.25 Å². The van der Waals surface area contributed by atoms with Gasteiger partial charge in [-0.2, -0.15) is 0 Å². The standard InChI is InChI=1S/C12H22O4S/c1-9(2)17-16-10(3)14-12(13)15-11-7-5-4-6-8-11/h9-11H,4-8H2,1-3H3. The molecule has 0 amide bonds. The summed E-state index contributed by atoms with van der Waals surface area (Å²) in [7, 11) is 0. The minimum Gasteiger partial charge on any atom is -0.431 e. The van der Waals surface area contributed by atoms with Crippen molar-refractivity contribution in [1.82, 2.24) is 0 Å². The molecule has 0 saturated heterocycles. The molecule has 1 rings (SSSR count). The first-order valence-corrected chi connectivity index (χ1v) is 7.08. The number of carbonyl (C=O) groups excluding carboxylic acids is 1. The lowest BCUT2D eigenvalue weighted by molar-refractivity contribution is -0.0611. The first kappa shape index (κ1) is 14.6. The lowest BCUT2D eigenvalue weighted by Gasteiger charge is -2.22. The predicted molar refractivity (Wildman–Crippen MR) is 67.7 cm³/mol. The van der Waals surface area contributed by atoms with Gasteiger partial charge in [0.1, 0.15) is 6.10 Å². The zero-order chi connectivity index (χ0) is 12.7. The number of carbonyl (C=O) groups is 1. The van der Waals surface area contributed by atoms with Crippen LogP contribution in [-0.4, -0.2) is 23.8 Å². The highest BCUT2D eigenvalue weighted by molar-refractivity contribution is 7.95. The van der Waals surface area contributed by atoms with Gasteiger partial charge < -0.3 is 9.47 Å². The summed E-state index contributed by atoms with van der Waals surface area (Å²) in [6.07, 6.45) is 4.24. The molecule has 1 unspecified atom stereocenters. The maximum Gasteiger partial charge on any atom is 0.510 e. The Labute approximate surface area is 108 Å². The van der Waals surface area contributed by atoms with Crippen molar-refractivity contribution in [2.24, 2.45) is 0 Å². The van der Waals surface area contributed by atoms with E-state index < -0.39 is 12.4 Å². The number of hydrogen-bond acceptors (Lipinski definition) is 5. The summed E-state index contributed by atoms with van der Waals surface area (Å²) < 4.78 is 15.5. The Hall–Kier alpha value is -0.420. The lowest BCUT2D eigenvalue weighted by Crippen LogP contribution is -2.24. The van der Waals surface area contributed by atoms with Crippen molar-refractivity contribution in [2.75, 3.05) is 0 Å². The fourth-order valence-electron chi connectivity index (χ4n) is 1.69. The lowest BCUT2D eigenvalue weighted by atomic mass is 9.98. The SMILES string of the molecule is CC(OSC(C)C)OC(=O)OC1CCCCC1. The average Bonchev–Trinajstić information content (AvgIpc) is 2.27. The molecule has 5 heteroatoms. The van der Waals surface area contributed by atoms with Crippen molar-refractivity contribution in [1.29, 1.82) is 0 Å². The van der Waals surface area contributed by atoms with E-state index in [0.29, 0.717) is 5.25 Å². The molecule has 100 valence electrons. The van der Waals surface area contributed by atoms with Crippen molar-refractivity contribution < 1.29 is 18.5 Å². The summed E-state index contributed by atoms with van der Waals surface area (Å²) in [4.78, 5) is 11.4. The Morgan fingerprint density at radius 1 is 1.18 bits per heavy atom. The quantitative estimate of drug-likeness (QED) is 0.427. The van der Waals surface area contributed by atoms with E-state index in [0.717, 1.165) is 25.7 Å². The van der Waals surface area contributed by atoms with Crippen LogP contribution in [-0.2, 0) is 13.7 Å². The molecule has 0 aromatic heterocycles. The van der Waals surface area contributed by atoms with Crippen molar-refractivity contribution in [2.45, 2.75) is 70.5 Å². The van der Waals surface area contributed by atoms with Crippen LogP contribution in [0.2, 0.25) is 0 Å². The molecule has 1 saturated carbocycles. The number of ether oxygens (including phenoxy) is 2. The number of hydrogen-bond donors (Lipinski definition) is 0. The Bertz CT molecular complexity index is 227. The van der Waals surface area contributed by atoms with E-state index in [4.69, 9.17) is 13.7 Å². The van der Waals surface area contributed by atoms with Gasteiger partial charge in [-0.25, -0.2) is 4.79 Å². The first-order valence-electron chi connectivity index (χ1n) is 6.27. The normalized spacial score (nSPS) is 19.1. The van der Waals surface area contributed by atoms with Crippen LogP contribution in [0.4, 0.5) is 4.79 Å². The third-order valence-electron chi connectivity index (χ3n) is 2.46. The molecule has 0 heterocycles. The second-order valence-electron chi connectivity index (χ2n) is 4.55. The summed E-state index contributed by atoms with van der Waals surface area (Å²) >= 11 is 1.29. The van der Waals surface area contributed by atoms with Crippen LogP contribution >= 0.6 is 12.0 Å². The van der Waals surface area contributed by atoms with E-state index in [2.05, 4.69) is 0 Å². The molecular formula is C12H22O4S. The molecular weight excluding hydrogens is 240 g/mol. The summed E-state index contributed by atoms with van der Waals surface area (Å²) in [5.41, 5.74) is 0. The summed E-state index contributed by atoms with van der Waals surface area (Å²) in [5, 5.41) is 0.343. The molecule has 0 aromatic rings. The average molecular weight is 262 g/mol. The second-order valence-corrected chi connectivity index (χ2v) is 5.88. The van der Waals surface area contributed by atoms with Gasteiger partial charge in [-0.3, -0.25) is 4.18 Å². The van der Waals surface area contributed by atoms with Crippen LogP contribution in [0.3, 0.4) is 0 Å². The minimum absolute atomic E-state index is 0.0289. The fraction of sp³-hybridized carbons (Fsp3) is 0.917. The van der Waals surface area contributed by atoms with Gasteiger partial charge in [0.2, 0.25) is 6.29 Å². The highest BCUT2D eigenvalue weighted by Gasteiger charge is 2.20. The maximum absolute atomic E-state index is 11.4. The maximum atomic E-state index is 11.4. The van der Waals surface area contributed by atoms with Gasteiger partial charge in [-0.15, -0.1) is 0 Å². The van der Waals surface area contributed by atoms with Crippen LogP contribution in [0.15, 0.2) is 0 Å². The van der Waals surface area contributed by atoms with E-state index in [9.17, 15) is 4.79 Å². The number of rotatable bonds is 5. The van der Waals surface area contributed by atoms with E-state index in [1.165, 1.54) is 18.5 Å². The summed E-state index contributed by atoms with van der Waals surface area (Å²) in [6, 6.07) is 0. The van der Waals surface area contributed by atoms with Crippen LogP contribution in [0.5, 0.6) is 0 Å². The van der Waals surface area contributed by atoms with Crippen LogP contribution < -0.4 is 0 Å². The Balaban J connectivity index is 2.14. The fourth-order valence-corrected chi connectivity index (χ4v) is 2.11. The van der Waals surface area contributed by atoms with Gasteiger partial charge in [0.15, 0.2) is 0 Å². The monoisotopic (exact) mass is 262 g/mol. The first-order chi connectivity index (χ1) is 8.08. The third kappa shape index (κ3) is 6.78. The van der Waals surface area contributed by atoms with Gasteiger partial charge >= 0.3 is 6.16 Å². The molecule has 1 aliphatic carbocycles. The zero-order valence-corrected chi connectivity index (χ0v) is 11.6. The predicted octanol–water partition coefficient (Wildman–Crippen LogP) is 3.89. The molecule has 0 spiro atoms. The molecule has 0 aromatic carbocycles. The molecule has 1 atom stereocenters. The molecule has 4 nitrogen and oxygen atoms in total. The third-order valence-corrected chi connectivity index (χ3v) is 3.23. The van der Waals surface area contributed by atoms with E-state index in [1.807, 2.05) is 13.8 Å². The van der Waals surface area contributed by atoms with Gasteiger partial charge in [0.25, 0.3) is 0 Å². The van der Waals surface area contributed by atoms with Crippen molar-refractivity contribution in [3.05, 3.63) is 0 Å². The Morgan fingerprint density at radius 3 is 2.41 bits per heavy atom. The van der Waals surface area contributed by atoms with E-state index in [1.54, 1.807) is 6.92 Å². The minimum atomic E-state index is -0.617. The molecule has 0 radical (unpaired) electrons. The van der Waals surface area contributed by atoms with Crippen molar-refractivity contribution in [3.8, 4) is 0 Å². The van der Waals surface area contributed by atoms with Crippen LogP contribution in [0.25, 0.3) is 0 Å². The van der Waals surface area contributed by atoms with E-state index >= 15 is 0 Å². The van der Waals surface area contributed by atoms with Crippen LogP contribution in [0.1, 0.15) is 52.9 Å². The molecule has 0 bridgehead atoms. The largest absolute Gasteiger partial charge is 0.510 e. The van der Waals surface area contributed by atoms with Gasteiger partial charge in [-0.1, -0.05) is 20.3 Å². The molecule has 0 N–H and O–H groups in total. The van der Waals surface area contributed by atoms with Gasteiger partial charge in [-0.05, 0) is 44.6 Å². The smallest absolute Gasteiger partial charge is 0.431 e. The Kier molecular flexibility index (Phi) is 6.73. The highest BCUT2D eigenvalue weighted by atomic mass is 32.2. The molecule has 17 heavy (non-hydrogen) atoms.